The van der Waals surface area contributed by atoms with E-state index in [9.17, 15) is 9.90 Å². The third-order valence-corrected chi connectivity index (χ3v) is 4.14. The molecule has 1 aliphatic heterocycles. The van der Waals surface area contributed by atoms with Gasteiger partial charge in [-0.1, -0.05) is 47.5 Å². The first kappa shape index (κ1) is 13.8. The van der Waals surface area contributed by atoms with Crippen LogP contribution in [0.15, 0.2) is 36.4 Å². The molecular weight excluding hydrogens is 262 g/mol. The molecule has 2 N–H and O–H groups in total. The molecule has 0 aromatic heterocycles. The SMILES string of the molecule is Cc1ccc(C(O)c2cc(C)cc3c2NC(=O)C3C)cc1. The van der Waals surface area contributed by atoms with E-state index in [1.54, 1.807) is 0 Å². The minimum atomic E-state index is -0.732. The number of fused-ring (bicyclic) bond motifs is 1. The average molecular weight is 281 g/mol. The fourth-order valence-electron chi connectivity index (χ4n) is 2.85. The molecule has 1 aliphatic rings. The fourth-order valence-corrected chi connectivity index (χ4v) is 2.85. The van der Waals surface area contributed by atoms with E-state index >= 15 is 0 Å². The second-order valence-corrected chi connectivity index (χ2v) is 5.84. The quantitative estimate of drug-likeness (QED) is 0.886. The normalized spacial score (nSPS) is 18.3. The van der Waals surface area contributed by atoms with Crippen molar-refractivity contribution in [3.05, 3.63) is 64.2 Å². The van der Waals surface area contributed by atoms with Crippen molar-refractivity contribution in [3.8, 4) is 0 Å². The summed E-state index contributed by atoms with van der Waals surface area (Å²) < 4.78 is 0. The largest absolute Gasteiger partial charge is 0.384 e. The van der Waals surface area contributed by atoms with E-state index in [1.165, 1.54) is 0 Å². The first-order valence-electron chi connectivity index (χ1n) is 7.17. The molecule has 1 heterocycles. The molecule has 2 unspecified atom stereocenters. The Hall–Kier alpha value is -2.13. The minimum Gasteiger partial charge on any atom is -0.384 e. The number of anilines is 1. The van der Waals surface area contributed by atoms with E-state index in [0.29, 0.717) is 0 Å². The molecule has 0 saturated carbocycles. The van der Waals surface area contributed by atoms with Gasteiger partial charge in [0.05, 0.1) is 11.6 Å². The zero-order valence-electron chi connectivity index (χ0n) is 12.5. The van der Waals surface area contributed by atoms with Gasteiger partial charge in [-0.15, -0.1) is 0 Å². The summed E-state index contributed by atoms with van der Waals surface area (Å²) in [7, 11) is 0. The molecule has 0 saturated heterocycles. The van der Waals surface area contributed by atoms with E-state index in [1.807, 2.05) is 57.2 Å². The molecule has 0 bridgehead atoms. The van der Waals surface area contributed by atoms with Crippen molar-refractivity contribution in [1.29, 1.82) is 0 Å². The van der Waals surface area contributed by atoms with Gasteiger partial charge in [-0.05, 0) is 31.9 Å². The van der Waals surface area contributed by atoms with Crippen molar-refractivity contribution in [2.75, 3.05) is 5.32 Å². The molecule has 108 valence electrons. The van der Waals surface area contributed by atoms with E-state index in [2.05, 4.69) is 5.32 Å². The molecule has 0 spiro atoms. The lowest BCUT2D eigenvalue weighted by Gasteiger charge is -2.17. The Balaban J connectivity index is 2.09. The summed E-state index contributed by atoms with van der Waals surface area (Å²) in [6.07, 6.45) is -0.732. The number of rotatable bonds is 2. The smallest absolute Gasteiger partial charge is 0.231 e. The predicted molar refractivity (Wildman–Crippen MR) is 83.5 cm³/mol. The lowest BCUT2D eigenvalue weighted by Crippen LogP contribution is -2.09. The first-order chi connectivity index (χ1) is 9.97. The summed E-state index contributed by atoms with van der Waals surface area (Å²) in [5.41, 5.74) is 5.56. The van der Waals surface area contributed by atoms with E-state index < -0.39 is 6.10 Å². The monoisotopic (exact) mass is 281 g/mol. The fraction of sp³-hybridized carbons (Fsp3) is 0.278. The molecule has 0 radical (unpaired) electrons. The number of amides is 1. The Bertz CT molecular complexity index is 704. The zero-order valence-corrected chi connectivity index (χ0v) is 12.5. The van der Waals surface area contributed by atoms with Crippen molar-refractivity contribution in [2.45, 2.75) is 32.8 Å². The number of hydrogen-bond acceptors (Lipinski definition) is 2. The van der Waals surface area contributed by atoms with Gasteiger partial charge >= 0.3 is 0 Å². The zero-order chi connectivity index (χ0) is 15.1. The highest BCUT2D eigenvalue weighted by molar-refractivity contribution is 6.03. The molecule has 3 heteroatoms. The number of carbonyl (C=O) groups excluding carboxylic acids is 1. The number of aryl methyl sites for hydroxylation is 2. The van der Waals surface area contributed by atoms with Crippen molar-refractivity contribution >= 4 is 11.6 Å². The summed E-state index contributed by atoms with van der Waals surface area (Å²) in [4.78, 5) is 11.9. The van der Waals surface area contributed by atoms with Crippen LogP contribution in [-0.2, 0) is 4.79 Å². The minimum absolute atomic E-state index is 0.00652. The maximum Gasteiger partial charge on any atom is 0.231 e. The van der Waals surface area contributed by atoms with Crippen LogP contribution in [0, 0.1) is 13.8 Å². The number of carbonyl (C=O) groups is 1. The van der Waals surface area contributed by atoms with Gasteiger partial charge in [-0.3, -0.25) is 4.79 Å². The van der Waals surface area contributed by atoms with Crippen LogP contribution in [0.4, 0.5) is 5.69 Å². The second-order valence-electron chi connectivity index (χ2n) is 5.84. The summed E-state index contributed by atoms with van der Waals surface area (Å²) in [5.74, 6) is -0.170. The van der Waals surface area contributed by atoms with Gasteiger partial charge in [-0.2, -0.15) is 0 Å². The maximum atomic E-state index is 11.9. The Morgan fingerprint density at radius 3 is 2.43 bits per heavy atom. The Labute approximate surface area is 124 Å². The molecule has 3 rings (SSSR count). The van der Waals surface area contributed by atoms with Crippen LogP contribution in [0.1, 0.15) is 46.8 Å². The molecule has 21 heavy (non-hydrogen) atoms. The molecule has 2 atom stereocenters. The maximum absolute atomic E-state index is 11.9. The van der Waals surface area contributed by atoms with Crippen molar-refractivity contribution in [3.63, 3.8) is 0 Å². The third-order valence-electron chi connectivity index (χ3n) is 4.14. The van der Waals surface area contributed by atoms with Crippen LogP contribution >= 0.6 is 0 Å². The van der Waals surface area contributed by atoms with Gasteiger partial charge in [0.15, 0.2) is 0 Å². The predicted octanol–water partition coefficient (Wildman–Crippen LogP) is 3.44. The van der Waals surface area contributed by atoms with Crippen molar-refractivity contribution in [2.24, 2.45) is 0 Å². The van der Waals surface area contributed by atoms with Gasteiger partial charge in [0.1, 0.15) is 6.10 Å². The topological polar surface area (TPSA) is 49.3 Å². The van der Waals surface area contributed by atoms with Crippen LogP contribution in [-0.4, -0.2) is 11.0 Å². The van der Waals surface area contributed by atoms with E-state index in [4.69, 9.17) is 0 Å². The van der Waals surface area contributed by atoms with Gasteiger partial charge in [0.25, 0.3) is 0 Å². The molecule has 3 nitrogen and oxygen atoms in total. The highest BCUT2D eigenvalue weighted by atomic mass is 16.3. The lowest BCUT2D eigenvalue weighted by molar-refractivity contribution is -0.116. The third kappa shape index (κ3) is 2.34. The van der Waals surface area contributed by atoms with E-state index in [0.717, 1.165) is 33.5 Å². The molecule has 0 fully saturated rings. The lowest BCUT2D eigenvalue weighted by atomic mass is 9.92. The molecule has 2 aromatic rings. The number of aliphatic hydroxyl groups excluding tert-OH is 1. The number of nitrogens with one attached hydrogen (secondary N) is 1. The molecular formula is C18H19NO2. The molecule has 0 aliphatic carbocycles. The van der Waals surface area contributed by atoms with Gasteiger partial charge in [0, 0.05) is 5.56 Å². The Morgan fingerprint density at radius 2 is 1.76 bits per heavy atom. The number of aliphatic hydroxyl groups is 1. The summed E-state index contributed by atoms with van der Waals surface area (Å²) in [5, 5.41) is 13.6. The van der Waals surface area contributed by atoms with Crippen LogP contribution in [0.3, 0.4) is 0 Å². The Morgan fingerprint density at radius 1 is 1.10 bits per heavy atom. The Kier molecular flexibility index (Phi) is 3.30. The van der Waals surface area contributed by atoms with Crippen LogP contribution < -0.4 is 5.32 Å². The van der Waals surface area contributed by atoms with Crippen LogP contribution in [0.25, 0.3) is 0 Å². The molecule has 1 amide bonds. The summed E-state index contributed by atoms with van der Waals surface area (Å²) in [6.45, 7) is 5.90. The summed E-state index contributed by atoms with van der Waals surface area (Å²) >= 11 is 0. The summed E-state index contributed by atoms with van der Waals surface area (Å²) in [6, 6.07) is 11.8. The van der Waals surface area contributed by atoms with Crippen LogP contribution in [0.5, 0.6) is 0 Å². The van der Waals surface area contributed by atoms with Crippen molar-refractivity contribution < 1.29 is 9.90 Å². The number of hydrogen-bond donors (Lipinski definition) is 2. The van der Waals surface area contributed by atoms with Crippen LogP contribution in [0.2, 0.25) is 0 Å². The van der Waals surface area contributed by atoms with Gasteiger partial charge in [0.2, 0.25) is 5.91 Å². The van der Waals surface area contributed by atoms with Gasteiger partial charge < -0.3 is 10.4 Å². The number of benzene rings is 2. The van der Waals surface area contributed by atoms with E-state index in [-0.39, 0.29) is 11.8 Å². The highest BCUT2D eigenvalue weighted by Gasteiger charge is 2.30. The van der Waals surface area contributed by atoms with Gasteiger partial charge in [-0.25, -0.2) is 0 Å². The average Bonchev–Trinajstić information content (AvgIpc) is 2.74. The highest BCUT2D eigenvalue weighted by Crippen LogP contribution is 2.40. The van der Waals surface area contributed by atoms with Crippen molar-refractivity contribution in [1.82, 2.24) is 0 Å². The standard InChI is InChI=1S/C18H19NO2/c1-10-4-6-13(7-5-10)17(20)15-9-11(2)8-14-12(3)18(21)19-16(14)15/h4-9,12,17,20H,1-3H3,(H,19,21). The first-order valence-corrected chi connectivity index (χ1v) is 7.17. The molecule has 2 aromatic carbocycles. The second kappa shape index (κ2) is 5.01.